The molecule has 1 saturated carbocycles. The number of benzene rings is 1. The normalized spacial score (nSPS) is 23.1. The number of nitrogens with one attached hydrogen (secondary N) is 1. The van der Waals surface area contributed by atoms with Crippen LogP contribution in [0, 0.1) is 12.8 Å². The van der Waals surface area contributed by atoms with Gasteiger partial charge in [0.1, 0.15) is 0 Å². The van der Waals surface area contributed by atoms with Gasteiger partial charge in [-0.05, 0) is 43.9 Å². The lowest BCUT2D eigenvalue weighted by molar-refractivity contribution is 0.296. The van der Waals surface area contributed by atoms with Crippen LogP contribution in [0.4, 0.5) is 0 Å². The van der Waals surface area contributed by atoms with E-state index in [1.165, 1.54) is 0 Å². The molecular weight excluding hydrogens is 296 g/mol. The van der Waals surface area contributed by atoms with Gasteiger partial charge in [-0.25, -0.2) is 13.1 Å². The Balaban J connectivity index is 0.00000200. The Morgan fingerprint density at radius 2 is 1.90 bits per heavy atom. The molecular formula is C14H23ClN2O2S. The number of aryl methyl sites for hydroxylation is 1. The minimum Gasteiger partial charge on any atom is -0.330 e. The first kappa shape index (κ1) is 17.4. The molecule has 4 nitrogen and oxygen atoms in total. The molecule has 1 aliphatic rings. The maximum absolute atomic E-state index is 12.4. The molecule has 0 amide bonds. The smallest absolute Gasteiger partial charge is 0.241 e. The number of hydrogen-bond donors (Lipinski definition) is 2. The SMILES string of the molecule is Cc1ccccc1S(=O)(=O)NC1CCCCC1CN.Cl. The first-order chi connectivity index (χ1) is 9.04. The molecule has 1 aromatic carbocycles. The summed E-state index contributed by atoms with van der Waals surface area (Å²) in [6.07, 6.45) is 4.10. The van der Waals surface area contributed by atoms with Gasteiger partial charge in [0.2, 0.25) is 10.0 Å². The predicted molar refractivity (Wildman–Crippen MR) is 83.5 cm³/mol. The summed E-state index contributed by atoms with van der Waals surface area (Å²) in [6, 6.07) is 7.04. The number of hydrogen-bond acceptors (Lipinski definition) is 3. The van der Waals surface area contributed by atoms with E-state index in [0.29, 0.717) is 11.4 Å². The van der Waals surface area contributed by atoms with E-state index in [-0.39, 0.29) is 24.4 Å². The summed E-state index contributed by atoms with van der Waals surface area (Å²) in [6.45, 7) is 2.36. The van der Waals surface area contributed by atoms with Crippen molar-refractivity contribution in [1.29, 1.82) is 0 Å². The van der Waals surface area contributed by atoms with Crippen molar-refractivity contribution >= 4 is 22.4 Å². The minimum absolute atomic E-state index is 0. The van der Waals surface area contributed by atoms with Crippen LogP contribution in [-0.2, 0) is 10.0 Å². The lowest BCUT2D eigenvalue weighted by Crippen LogP contribution is -2.44. The van der Waals surface area contributed by atoms with Crippen LogP contribution in [0.25, 0.3) is 0 Å². The fourth-order valence-electron chi connectivity index (χ4n) is 2.77. The van der Waals surface area contributed by atoms with E-state index in [1.807, 2.05) is 19.1 Å². The van der Waals surface area contributed by atoms with Gasteiger partial charge in [0, 0.05) is 6.04 Å². The Kier molecular flexibility index (Phi) is 6.45. The number of halogens is 1. The molecule has 3 N–H and O–H groups in total. The molecule has 2 rings (SSSR count). The van der Waals surface area contributed by atoms with Crippen molar-refractivity contribution < 1.29 is 8.42 Å². The molecule has 0 spiro atoms. The topological polar surface area (TPSA) is 72.2 Å². The largest absolute Gasteiger partial charge is 0.330 e. The molecule has 2 atom stereocenters. The third kappa shape index (κ3) is 3.95. The average Bonchev–Trinajstić information content (AvgIpc) is 2.39. The first-order valence-electron chi connectivity index (χ1n) is 6.82. The molecule has 0 radical (unpaired) electrons. The van der Waals surface area contributed by atoms with Crippen LogP contribution >= 0.6 is 12.4 Å². The van der Waals surface area contributed by atoms with Crippen LogP contribution in [0.2, 0.25) is 0 Å². The summed E-state index contributed by atoms with van der Waals surface area (Å²) < 4.78 is 27.7. The fraction of sp³-hybridized carbons (Fsp3) is 0.571. The van der Waals surface area contributed by atoms with E-state index >= 15 is 0 Å². The summed E-state index contributed by atoms with van der Waals surface area (Å²) in [7, 11) is -3.44. The number of nitrogens with two attached hydrogens (primary N) is 1. The molecule has 0 aromatic heterocycles. The van der Waals surface area contributed by atoms with Crippen molar-refractivity contribution in [3.05, 3.63) is 29.8 Å². The van der Waals surface area contributed by atoms with Gasteiger partial charge in [-0.3, -0.25) is 0 Å². The van der Waals surface area contributed by atoms with Gasteiger partial charge in [0.25, 0.3) is 0 Å². The third-order valence-electron chi connectivity index (χ3n) is 3.90. The zero-order chi connectivity index (χ0) is 13.9. The molecule has 1 fully saturated rings. The van der Waals surface area contributed by atoms with Crippen molar-refractivity contribution in [2.75, 3.05) is 6.54 Å². The highest BCUT2D eigenvalue weighted by Gasteiger charge is 2.29. The second-order valence-electron chi connectivity index (χ2n) is 5.27. The molecule has 0 bridgehead atoms. The van der Waals surface area contributed by atoms with Crippen LogP contribution in [0.3, 0.4) is 0 Å². The summed E-state index contributed by atoms with van der Waals surface area (Å²) in [4.78, 5) is 0.372. The Labute approximate surface area is 127 Å². The zero-order valence-corrected chi connectivity index (χ0v) is 13.3. The standard InChI is InChI=1S/C14H22N2O2S.ClH/c1-11-6-2-5-9-14(11)19(17,18)16-13-8-4-3-7-12(13)10-15;/h2,5-6,9,12-13,16H,3-4,7-8,10,15H2,1H3;1H. The molecule has 2 unspecified atom stereocenters. The third-order valence-corrected chi connectivity index (χ3v) is 5.55. The molecule has 1 aromatic rings. The van der Waals surface area contributed by atoms with Crippen molar-refractivity contribution in [2.45, 2.75) is 43.5 Å². The van der Waals surface area contributed by atoms with Crippen LogP contribution in [0.1, 0.15) is 31.2 Å². The van der Waals surface area contributed by atoms with E-state index in [2.05, 4.69) is 4.72 Å². The predicted octanol–water partition coefficient (Wildman–Crippen LogP) is 2.21. The van der Waals surface area contributed by atoms with Gasteiger partial charge < -0.3 is 5.73 Å². The molecule has 0 aliphatic heterocycles. The number of sulfonamides is 1. The Morgan fingerprint density at radius 1 is 1.25 bits per heavy atom. The molecule has 6 heteroatoms. The van der Waals surface area contributed by atoms with Crippen molar-refractivity contribution in [3.8, 4) is 0 Å². The van der Waals surface area contributed by atoms with Crippen molar-refractivity contribution in [3.63, 3.8) is 0 Å². The maximum Gasteiger partial charge on any atom is 0.241 e. The molecule has 0 saturated heterocycles. The maximum atomic E-state index is 12.4. The summed E-state index contributed by atoms with van der Waals surface area (Å²) in [5, 5.41) is 0. The van der Waals surface area contributed by atoms with Crippen LogP contribution in [0.5, 0.6) is 0 Å². The fourth-order valence-corrected chi connectivity index (χ4v) is 4.35. The second-order valence-corrected chi connectivity index (χ2v) is 6.96. The van der Waals surface area contributed by atoms with Gasteiger partial charge in [0.15, 0.2) is 0 Å². The zero-order valence-electron chi connectivity index (χ0n) is 11.7. The minimum atomic E-state index is -3.44. The molecule has 0 heterocycles. The summed E-state index contributed by atoms with van der Waals surface area (Å²) in [5.74, 6) is 0.257. The molecule has 1 aliphatic carbocycles. The molecule has 20 heavy (non-hydrogen) atoms. The Morgan fingerprint density at radius 3 is 2.55 bits per heavy atom. The highest BCUT2D eigenvalue weighted by molar-refractivity contribution is 7.89. The van der Waals surface area contributed by atoms with E-state index in [0.717, 1.165) is 31.2 Å². The average molecular weight is 319 g/mol. The van der Waals surface area contributed by atoms with E-state index < -0.39 is 10.0 Å². The van der Waals surface area contributed by atoms with Gasteiger partial charge in [-0.15, -0.1) is 12.4 Å². The van der Waals surface area contributed by atoms with Gasteiger partial charge >= 0.3 is 0 Å². The lowest BCUT2D eigenvalue weighted by atomic mass is 9.85. The van der Waals surface area contributed by atoms with Gasteiger partial charge in [-0.2, -0.15) is 0 Å². The van der Waals surface area contributed by atoms with Crippen LogP contribution in [-0.4, -0.2) is 21.0 Å². The monoisotopic (exact) mass is 318 g/mol. The van der Waals surface area contributed by atoms with E-state index in [1.54, 1.807) is 12.1 Å². The van der Waals surface area contributed by atoms with Crippen LogP contribution < -0.4 is 10.5 Å². The summed E-state index contributed by atoms with van der Waals surface area (Å²) in [5.41, 5.74) is 6.52. The lowest BCUT2D eigenvalue weighted by Gasteiger charge is -2.31. The second kappa shape index (κ2) is 7.41. The van der Waals surface area contributed by atoms with Gasteiger partial charge in [-0.1, -0.05) is 31.0 Å². The highest BCUT2D eigenvalue weighted by atomic mass is 35.5. The van der Waals surface area contributed by atoms with Crippen molar-refractivity contribution in [1.82, 2.24) is 4.72 Å². The van der Waals surface area contributed by atoms with Crippen molar-refractivity contribution in [2.24, 2.45) is 11.7 Å². The number of rotatable bonds is 4. The Hall–Kier alpha value is -0.620. The molecule has 114 valence electrons. The van der Waals surface area contributed by atoms with Gasteiger partial charge in [0.05, 0.1) is 4.90 Å². The Bertz CT molecular complexity index is 534. The summed E-state index contributed by atoms with van der Waals surface area (Å²) >= 11 is 0. The van der Waals surface area contributed by atoms with E-state index in [4.69, 9.17) is 5.73 Å². The van der Waals surface area contributed by atoms with Crippen LogP contribution in [0.15, 0.2) is 29.2 Å². The van der Waals surface area contributed by atoms with E-state index in [9.17, 15) is 8.42 Å². The highest BCUT2D eigenvalue weighted by Crippen LogP contribution is 2.25. The quantitative estimate of drug-likeness (QED) is 0.894. The first-order valence-corrected chi connectivity index (χ1v) is 8.31.